The van der Waals surface area contributed by atoms with Gasteiger partial charge in [0.2, 0.25) is 0 Å². The van der Waals surface area contributed by atoms with Crippen molar-refractivity contribution in [1.82, 2.24) is 5.32 Å². The minimum atomic E-state index is -0.588. The van der Waals surface area contributed by atoms with E-state index in [4.69, 9.17) is 10.9 Å². The van der Waals surface area contributed by atoms with Crippen LogP contribution in [0.25, 0.3) is 0 Å². The molecular weight excluding hydrogens is 329 g/mol. The van der Waals surface area contributed by atoms with Gasteiger partial charge in [0.15, 0.2) is 0 Å². The molecule has 0 saturated heterocycles. The maximum atomic E-state index is 13.7. The third kappa shape index (κ3) is 3.09. The van der Waals surface area contributed by atoms with Crippen LogP contribution in [0.5, 0.6) is 0 Å². The van der Waals surface area contributed by atoms with Gasteiger partial charge in [-0.15, -0.1) is 0 Å². The van der Waals surface area contributed by atoms with Crippen molar-refractivity contribution in [2.45, 2.75) is 25.3 Å². The fourth-order valence-electron chi connectivity index (χ4n) is 2.48. The molecule has 1 aromatic carbocycles. The number of nitrogens with one attached hydrogen (secondary N) is 1. The summed E-state index contributed by atoms with van der Waals surface area (Å²) in [6.07, 6.45) is 2.34. The van der Waals surface area contributed by atoms with Crippen molar-refractivity contribution in [2.75, 3.05) is 0 Å². The summed E-state index contributed by atoms with van der Waals surface area (Å²) in [6, 6.07) is 4.03. The number of benzene rings is 1. The molecule has 0 heterocycles. The van der Waals surface area contributed by atoms with Gasteiger partial charge in [-0.1, -0.05) is 27.5 Å². The highest BCUT2D eigenvalue weighted by Gasteiger charge is 2.32. The first-order chi connectivity index (χ1) is 9.52. The predicted octanol–water partition coefficient (Wildman–Crippen LogP) is 2.23. The van der Waals surface area contributed by atoms with Crippen molar-refractivity contribution in [1.29, 1.82) is 0 Å². The highest BCUT2D eigenvalue weighted by Crippen LogP contribution is 2.26. The summed E-state index contributed by atoms with van der Waals surface area (Å²) in [4.78, 5) is 12.1. The molecule has 1 saturated carbocycles. The monoisotopic (exact) mass is 343 g/mol. The van der Waals surface area contributed by atoms with Crippen LogP contribution in [-0.4, -0.2) is 23.0 Å². The molecule has 2 rings (SSSR count). The van der Waals surface area contributed by atoms with E-state index >= 15 is 0 Å². The zero-order chi connectivity index (χ0) is 14.7. The fraction of sp³-hybridized carbons (Fsp3) is 0.385. The van der Waals surface area contributed by atoms with Crippen LogP contribution in [0.3, 0.4) is 0 Å². The van der Waals surface area contributed by atoms with E-state index in [0.717, 1.165) is 19.3 Å². The van der Waals surface area contributed by atoms with E-state index in [0.29, 0.717) is 4.47 Å². The third-order valence-electron chi connectivity index (χ3n) is 3.50. The summed E-state index contributed by atoms with van der Waals surface area (Å²) >= 11 is 3.14. The molecule has 7 heteroatoms. The SMILES string of the molecule is NC(=NO)C1CCCC1NC(=O)c1ccc(Br)cc1F. The Morgan fingerprint density at radius 3 is 2.90 bits per heavy atom. The van der Waals surface area contributed by atoms with Gasteiger partial charge in [0.05, 0.1) is 5.56 Å². The van der Waals surface area contributed by atoms with Gasteiger partial charge in [-0.3, -0.25) is 4.79 Å². The number of oxime groups is 1. The predicted molar refractivity (Wildman–Crippen MR) is 76.1 cm³/mol. The molecule has 0 radical (unpaired) electrons. The second-order valence-electron chi connectivity index (χ2n) is 4.77. The van der Waals surface area contributed by atoms with Gasteiger partial charge in [0.1, 0.15) is 11.7 Å². The molecule has 0 aromatic heterocycles. The van der Waals surface area contributed by atoms with E-state index in [2.05, 4.69) is 26.4 Å². The Balaban J connectivity index is 2.11. The average molecular weight is 344 g/mol. The van der Waals surface area contributed by atoms with Crippen molar-refractivity contribution >= 4 is 27.7 Å². The number of amides is 1. The van der Waals surface area contributed by atoms with Gasteiger partial charge < -0.3 is 16.3 Å². The molecule has 5 nitrogen and oxygen atoms in total. The highest BCUT2D eigenvalue weighted by atomic mass is 79.9. The van der Waals surface area contributed by atoms with Gasteiger partial charge in [-0.05, 0) is 31.0 Å². The zero-order valence-electron chi connectivity index (χ0n) is 10.6. The Morgan fingerprint density at radius 2 is 2.25 bits per heavy atom. The third-order valence-corrected chi connectivity index (χ3v) is 4.00. The summed E-state index contributed by atoms with van der Waals surface area (Å²) in [5, 5.41) is 14.5. The number of hydrogen-bond donors (Lipinski definition) is 3. The molecular formula is C13H15BrFN3O2. The lowest BCUT2D eigenvalue weighted by molar-refractivity contribution is 0.0929. The lowest BCUT2D eigenvalue weighted by Gasteiger charge is -2.20. The maximum absolute atomic E-state index is 13.7. The van der Waals surface area contributed by atoms with E-state index in [1.165, 1.54) is 12.1 Å². The van der Waals surface area contributed by atoms with E-state index in [-0.39, 0.29) is 23.4 Å². The van der Waals surface area contributed by atoms with Crippen LogP contribution in [0.15, 0.2) is 27.8 Å². The van der Waals surface area contributed by atoms with Gasteiger partial charge in [0, 0.05) is 16.4 Å². The van der Waals surface area contributed by atoms with Crippen molar-refractivity contribution in [3.05, 3.63) is 34.1 Å². The number of rotatable bonds is 3. The second-order valence-corrected chi connectivity index (χ2v) is 5.68. The number of nitrogens with two attached hydrogens (primary N) is 1. The topological polar surface area (TPSA) is 87.7 Å². The summed E-state index contributed by atoms with van der Waals surface area (Å²) in [7, 11) is 0. The number of hydrogen-bond acceptors (Lipinski definition) is 3. The van der Waals surface area contributed by atoms with Gasteiger partial charge >= 0.3 is 0 Å². The van der Waals surface area contributed by atoms with E-state index in [9.17, 15) is 9.18 Å². The van der Waals surface area contributed by atoms with Crippen LogP contribution in [0.4, 0.5) is 4.39 Å². The maximum Gasteiger partial charge on any atom is 0.254 e. The molecule has 1 fully saturated rings. The average Bonchev–Trinajstić information content (AvgIpc) is 2.85. The molecule has 20 heavy (non-hydrogen) atoms. The van der Waals surface area contributed by atoms with Gasteiger partial charge in [0.25, 0.3) is 5.91 Å². The Kier molecular flexibility index (Phi) is 4.59. The van der Waals surface area contributed by atoms with Crippen molar-refractivity contribution in [2.24, 2.45) is 16.8 Å². The highest BCUT2D eigenvalue weighted by molar-refractivity contribution is 9.10. The van der Waals surface area contributed by atoms with Crippen LogP contribution in [-0.2, 0) is 0 Å². The lowest BCUT2D eigenvalue weighted by Crippen LogP contribution is -2.42. The molecule has 4 N–H and O–H groups in total. The normalized spacial score (nSPS) is 22.8. The number of halogens is 2. The van der Waals surface area contributed by atoms with Gasteiger partial charge in [-0.25, -0.2) is 4.39 Å². The Labute approximate surface area is 124 Å². The van der Waals surface area contributed by atoms with Crippen LogP contribution in [0.1, 0.15) is 29.6 Å². The zero-order valence-corrected chi connectivity index (χ0v) is 12.2. The van der Waals surface area contributed by atoms with E-state index in [1.54, 1.807) is 6.07 Å². The second kappa shape index (κ2) is 6.21. The fourth-order valence-corrected chi connectivity index (χ4v) is 2.81. The number of nitrogens with zero attached hydrogens (tertiary/aromatic N) is 1. The minimum absolute atomic E-state index is 0.0154. The molecule has 0 aliphatic heterocycles. The standard InChI is InChI=1S/C13H15BrFN3O2/c14-7-4-5-8(10(15)6-7)13(19)17-11-3-1-2-9(11)12(16)18-20/h4-6,9,11,20H,1-3H2,(H2,16,18)(H,17,19). The quantitative estimate of drug-likeness (QED) is 0.340. The first-order valence-electron chi connectivity index (χ1n) is 6.26. The van der Waals surface area contributed by atoms with Crippen molar-refractivity contribution < 1.29 is 14.4 Å². The van der Waals surface area contributed by atoms with Crippen molar-refractivity contribution in [3.8, 4) is 0 Å². The molecule has 2 unspecified atom stereocenters. The molecule has 108 valence electrons. The summed E-state index contributed by atoms with van der Waals surface area (Å²) < 4.78 is 14.3. The number of carbonyl (C=O) groups excluding carboxylic acids is 1. The molecule has 0 bridgehead atoms. The van der Waals surface area contributed by atoms with E-state index in [1.807, 2.05) is 0 Å². The Bertz CT molecular complexity index is 550. The van der Waals surface area contributed by atoms with E-state index < -0.39 is 11.7 Å². The molecule has 0 spiro atoms. The van der Waals surface area contributed by atoms with Crippen molar-refractivity contribution in [3.63, 3.8) is 0 Å². The smallest absolute Gasteiger partial charge is 0.254 e. The Hall–Kier alpha value is -1.63. The summed E-state index contributed by atoms with van der Waals surface area (Å²) in [5.74, 6) is -1.18. The number of carbonyl (C=O) groups is 1. The van der Waals surface area contributed by atoms with Crippen LogP contribution >= 0.6 is 15.9 Å². The lowest BCUT2D eigenvalue weighted by atomic mass is 10.0. The molecule has 1 amide bonds. The molecule has 1 aromatic rings. The molecule has 1 aliphatic carbocycles. The Morgan fingerprint density at radius 1 is 1.50 bits per heavy atom. The van der Waals surface area contributed by atoms with Gasteiger partial charge in [-0.2, -0.15) is 0 Å². The summed E-state index contributed by atoms with van der Waals surface area (Å²) in [6.45, 7) is 0. The molecule has 2 atom stereocenters. The summed E-state index contributed by atoms with van der Waals surface area (Å²) in [5.41, 5.74) is 5.59. The molecule has 1 aliphatic rings. The van der Waals surface area contributed by atoms with Crippen LogP contribution in [0, 0.1) is 11.7 Å². The number of amidine groups is 1. The van der Waals surface area contributed by atoms with Crippen LogP contribution < -0.4 is 11.1 Å². The van der Waals surface area contributed by atoms with Crippen LogP contribution in [0.2, 0.25) is 0 Å². The first kappa shape index (κ1) is 14.8. The first-order valence-corrected chi connectivity index (χ1v) is 7.05. The minimum Gasteiger partial charge on any atom is -0.409 e. The largest absolute Gasteiger partial charge is 0.409 e.